The van der Waals surface area contributed by atoms with Crippen LogP contribution in [0, 0.1) is 0 Å². The van der Waals surface area contributed by atoms with Crippen LogP contribution in [0.3, 0.4) is 0 Å². The van der Waals surface area contributed by atoms with Gasteiger partial charge in [0.05, 0.1) is 32.0 Å². The zero-order chi connectivity index (χ0) is 34.2. The van der Waals surface area contributed by atoms with Crippen LogP contribution >= 0.6 is 0 Å². The third-order valence-electron chi connectivity index (χ3n) is 8.31. The first kappa shape index (κ1) is 36.7. The minimum atomic E-state index is -1.44. The minimum absolute atomic E-state index is 0.00716. The zero-order valence-electron chi connectivity index (χ0n) is 27.6. The molecule has 5 rings (SSSR count). The van der Waals surface area contributed by atoms with Crippen molar-refractivity contribution in [3.63, 3.8) is 0 Å². The largest absolute Gasteiger partial charge is 0.463 e. The SMILES string of the molecule is COC1OC(COCc2ccccc2)C(OC2OC3COC(c4ccccc4)OC3C(O[C@@H](C)OC(C)COC(C)=O)C2N)C(O)C1O. The Morgan fingerprint density at radius 1 is 0.958 bits per heavy atom. The van der Waals surface area contributed by atoms with Crippen molar-refractivity contribution in [3.05, 3.63) is 71.8 Å². The number of fused-ring (bicyclic) bond motifs is 1. The van der Waals surface area contributed by atoms with Crippen LogP contribution in [-0.2, 0) is 58.8 Å². The molecule has 14 nitrogen and oxygen atoms in total. The summed E-state index contributed by atoms with van der Waals surface area (Å²) in [6, 6.07) is 18.1. The first-order valence-corrected chi connectivity index (χ1v) is 16.1. The van der Waals surface area contributed by atoms with Gasteiger partial charge in [0.2, 0.25) is 0 Å². The summed E-state index contributed by atoms with van der Waals surface area (Å²) in [5.41, 5.74) is 8.56. The lowest BCUT2D eigenvalue weighted by Gasteiger charge is -2.50. The number of nitrogens with two attached hydrogens (primary N) is 1. The van der Waals surface area contributed by atoms with E-state index in [9.17, 15) is 15.0 Å². The van der Waals surface area contributed by atoms with E-state index in [-0.39, 0.29) is 26.4 Å². The van der Waals surface area contributed by atoms with Crippen LogP contribution in [0.1, 0.15) is 38.2 Å². The van der Waals surface area contributed by atoms with Crippen molar-refractivity contribution in [2.45, 2.75) is 107 Å². The summed E-state index contributed by atoms with van der Waals surface area (Å²) in [4.78, 5) is 11.3. The van der Waals surface area contributed by atoms with Crippen molar-refractivity contribution in [2.75, 3.05) is 26.9 Å². The highest BCUT2D eigenvalue weighted by Crippen LogP contribution is 2.37. The van der Waals surface area contributed by atoms with Gasteiger partial charge in [-0.2, -0.15) is 0 Å². The number of esters is 1. The summed E-state index contributed by atoms with van der Waals surface area (Å²) in [6.45, 7) is 5.23. The molecule has 3 fully saturated rings. The van der Waals surface area contributed by atoms with Gasteiger partial charge in [0.1, 0.15) is 49.3 Å². The maximum absolute atomic E-state index is 11.3. The molecular formula is C34H47NO13. The molecule has 12 unspecified atom stereocenters. The maximum atomic E-state index is 11.3. The normalized spacial score (nSPS) is 34.9. The molecule has 14 heteroatoms. The Kier molecular flexibility index (Phi) is 13.3. The van der Waals surface area contributed by atoms with Gasteiger partial charge in [-0.1, -0.05) is 60.7 Å². The van der Waals surface area contributed by atoms with Crippen molar-refractivity contribution in [1.82, 2.24) is 0 Å². The lowest BCUT2D eigenvalue weighted by molar-refractivity contribution is -0.379. The predicted molar refractivity (Wildman–Crippen MR) is 167 cm³/mol. The van der Waals surface area contributed by atoms with Gasteiger partial charge in [-0.05, 0) is 19.4 Å². The molecule has 3 saturated heterocycles. The fourth-order valence-electron chi connectivity index (χ4n) is 5.94. The second-order valence-electron chi connectivity index (χ2n) is 12.1. The molecule has 0 bridgehead atoms. The highest BCUT2D eigenvalue weighted by Gasteiger charge is 2.53. The topological polar surface area (TPSA) is 176 Å². The number of carbonyl (C=O) groups excluding carboxylic acids is 1. The van der Waals surface area contributed by atoms with Crippen LogP contribution in [-0.4, -0.2) is 117 Å². The summed E-state index contributed by atoms with van der Waals surface area (Å²) in [6.07, 6.45) is -11.3. The third kappa shape index (κ3) is 9.35. The van der Waals surface area contributed by atoms with E-state index >= 15 is 0 Å². The van der Waals surface area contributed by atoms with Crippen molar-refractivity contribution in [2.24, 2.45) is 5.73 Å². The number of methoxy groups -OCH3 is 1. The molecule has 48 heavy (non-hydrogen) atoms. The van der Waals surface area contributed by atoms with Crippen LogP contribution in [0.2, 0.25) is 0 Å². The summed E-state index contributed by atoms with van der Waals surface area (Å²) in [7, 11) is 1.37. The van der Waals surface area contributed by atoms with Gasteiger partial charge < -0.3 is 63.3 Å². The summed E-state index contributed by atoms with van der Waals surface area (Å²) < 4.78 is 59.6. The average molecular weight is 678 g/mol. The molecule has 2 aromatic rings. The van der Waals surface area contributed by atoms with Crippen LogP contribution in [0.25, 0.3) is 0 Å². The molecule has 4 N–H and O–H groups in total. The summed E-state index contributed by atoms with van der Waals surface area (Å²) in [5.74, 6) is -0.421. The van der Waals surface area contributed by atoms with E-state index in [2.05, 4.69) is 0 Å². The molecule has 13 atom stereocenters. The monoisotopic (exact) mass is 677 g/mol. The first-order chi connectivity index (χ1) is 23.1. The Morgan fingerprint density at radius 2 is 1.67 bits per heavy atom. The lowest BCUT2D eigenvalue weighted by atomic mass is 9.95. The number of aliphatic hydroxyl groups is 2. The highest BCUT2D eigenvalue weighted by molar-refractivity contribution is 5.65. The van der Waals surface area contributed by atoms with E-state index < -0.39 is 86.0 Å². The van der Waals surface area contributed by atoms with E-state index in [1.165, 1.54) is 14.0 Å². The van der Waals surface area contributed by atoms with Crippen molar-refractivity contribution < 1.29 is 62.4 Å². The second kappa shape index (κ2) is 17.4. The number of rotatable bonds is 14. The Bertz CT molecular complexity index is 1260. The van der Waals surface area contributed by atoms with Crippen LogP contribution in [0.5, 0.6) is 0 Å². The van der Waals surface area contributed by atoms with Gasteiger partial charge in [0.15, 0.2) is 25.2 Å². The van der Waals surface area contributed by atoms with Crippen molar-refractivity contribution >= 4 is 5.97 Å². The van der Waals surface area contributed by atoms with E-state index in [0.29, 0.717) is 0 Å². The molecule has 0 aliphatic carbocycles. The Labute approximate surface area is 280 Å². The lowest BCUT2D eigenvalue weighted by Crippen LogP contribution is -2.68. The van der Waals surface area contributed by atoms with Gasteiger partial charge >= 0.3 is 5.97 Å². The second-order valence-corrected chi connectivity index (χ2v) is 12.1. The van der Waals surface area contributed by atoms with Gasteiger partial charge in [0.25, 0.3) is 0 Å². The molecule has 2 aromatic carbocycles. The standard InChI is InChI=1S/C34H47NO13/c1-19(15-41-20(2)36)43-21(3)44-31-26(35)33(45-25-18-42-32(48-30(25)31)23-13-9-6-10-14-23)47-29-24(46-34(39-4)28(38)27(29)37)17-40-16-22-11-7-5-8-12-22/h5-14,19,21,24-34,37-38H,15-18,35H2,1-4H3/t19?,21-,24?,25?,26?,27?,28?,29?,30?,31?,32?,33?,34?/m0/s1. The maximum Gasteiger partial charge on any atom is 0.302 e. The molecule has 0 spiro atoms. The van der Waals surface area contributed by atoms with Gasteiger partial charge in [-0.3, -0.25) is 4.79 Å². The smallest absolute Gasteiger partial charge is 0.302 e. The molecule has 3 aliphatic rings. The Morgan fingerprint density at radius 3 is 2.35 bits per heavy atom. The van der Waals surface area contributed by atoms with E-state index in [4.69, 9.17) is 53.1 Å². The molecule has 0 radical (unpaired) electrons. The number of aliphatic hydroxyl groups excluding tert-OH is 2. The predicted octanol–water partition coefficient (Wildman–Crippen LogP) is 1.55. The van der Waals surface area contributed by atoms with E-state index in [0.717, 1.165) is 11.1 Å². The molecule has 3 aliphatic heterocycles. The Hall–Kier alpha value is -2.57. The van der Waals surface area contributed by atoms with Crippen LogP contribution < -0.4 is 5.73 Å². The molecular weight excluding hydrogens is 630 g/mol. The molecule has 3 heterocycles. The zero-order valence-corrected chi connectivity index (χ0v) is 27.6. The van der Waals surface area contributed by atoms with Crippen molar-refractivity contribution in [3.8, 4) is 0 Å². The number of ether oxygens (including phenoxy) is 10. The third-order valence-corrected chi connectivity index (χ3v) is 8.31. The summed E-state index contributed by atoms with van der Waals surface area (Å²) in [5, 5.41) is 22.0. The van der Waals surface area contributed by atoms with E-state index in [1.807, 2.05) is 60.7 Å². The average Bonchev–Trinajstić information content (AvgIpc) is 3.09. The van der Waals surface area contributed by atoms with Crippen LogP contribution in [0.15, 0.2) is 60.7 Å². The quantitative estimate of drug-likeness (QED) is 0.194. The number of hydrogen-bond donors (Lipinski definition) is 3. The van der Waals surface area contributed by atoms with Gasteiger partial charge in [0, 0.05) is 19.6 Å². The fourth-order valence-corrected chi connectivity index (χ4v) is 5.94. The molecule has 266 valence electrons. The Balaban J connectivity index is 1.32. The minimum Gasteiger partial charge on any atom is -0.463 e. The number of benzene rings is 2. The number of hydrogen-bond acceptors (Lipinski definition) is 14. The van der Waals surface area contributed by atoms with Gasteiger partial charge in [-0.15, -0.1) is 0 Å². The van der Waals surface area contributed by atoms with Crippen molar-refractivity contribution in [1.29, 1.82) is 0 Å². The molecule has 0 aromatic heterocycles. The highest BCUT2D eigenvalue weighted by atomic mass is 16.8. The molecule has 0 saturated carbocycles. The van der Waals surface area contributed by atoms with E-state index in [1.54, 1.807) is 13.8 Å². The summed E-state index contributed by atoms with van der Waals surface area (Å²) >= 11 is 0. The fraction of sp³-hybridized carbons (Fsp3) is 0.618. The van der Waals surface area contributed by atoms with Gasteiger partial charge in [-0.25, -0.2) is 0 Å². The van der Waals surface area contributed by atoms with Crippen LogP contribution in [0.4, 0.5) is 0 Å². The first-order valence-electron chi connectivity index (χ1n) is 16.1. The number of carbonyl (C=O) groups is 1. The molecule has 0 amide bonds.